The third-order valence-electron chi connectivity index (χ3n) is 4.57. The largest absolute Gasteiger partial charge is 0.485 e. The van der Waals surface area contributed by atoms with E-state index in [-0.39, 0.29) is 23.7 Å². The Balaban J connectivity index is 1.64. The monoisotopic (exact) mass is 429 g/mol. The maximum Gasteiger partial charge on any atom is 0.290 e. The van der Waals surface area contributed by atoms with E-state index >= 15 is 0 Å². The van der Waals surface area contributed by atoms with Crippen LogP contribution >= 0.6 is 15.9 Å². The molecule has 138 valence electrons. The standard InChI is InChI=1S/C20H17BrFN3O2/c21-16-11-23-19(26)18(24-16)25-20(9-10-20)14-7-4-8-15(22)17(14)27-12-13-5-2-1-3-6-13/h1-8,11H,9-10,12H2,(H,23,26)(H,24,25). The molecule has 0 amide bonds. The molecule has 1 saturated carbocycles. The minimum Gasteiger partial charge on any atom is -0.485 e. The van der Waals surface area contributed by atoms with Crippen LogP contribution in [0.25, 0.3) is 0 Å². The van der Waals surface area contributed by atoms with E-state index in [0.717, 1.165) is 18.4 Å². The van der Waals surface area contributed by atoms with E-state index in [4.69, 9.17) is 4.74 Å². The Labute approximate surface area is 163 Å². The van der Waals surface area contributed by atoms with Gasteiger partial charge in [-0.25, -0.2) is 9.37 Å². The number of anilines is 1. The van der Waals surface area contributed by atoms with Gasteiger partial charge in [0.1, 0.15) is 11.2 Å². The van der Waals surface area contributed by atoms with Crippen molar-refractivity contribution < 1.29 is 9.13 Å². The van der Waals surface area contributed by atoms with Crippen molar-refractivity contribution in [1.82, 2.24) is 9.97 Å². The predicted molar refractivity (Wildman–Crippen MR) is 104 cm³/mol. The molecule has 2 aromatic carbocycles. The molecule has 1 aliphatic carbocycles. The van der Waals surface area contributed by atoms with Gasteiger partial charge in [-0.3, -0.25) is 4.79 Å². The molecule has 1 heterocycles. The highest BCUT2D eigenvalue weighted by Gasteiger charge is 2.47. The summed E-state index contributed by atoms with van der Waals surface area (Å²) in [5.74, 6) is -0.0226. The van der Waals surface area contributed by atoms with Crippen molar-refractivity contribution in [1.29, 1.82) is 0 Å². The fourth-order valence-corrected chi connectivity index (χ4v) is 3.34. The lowest BCUT2D eigenvalue weighted by Gasteiger charge is -2.22. The van der Waals surface area contributed by atoms with Crippen molar-refractivity contribution in [2.24, 2.45) is 0 Å². The lowest BCUT2D eigenvalue weighted by atomic mass is 10.0. The van der Waals surface area contributed by atoms with Gasteiger partial charge in [-0.1, -0.05) is 42.5 Å². The molecule has 1 aromatic heterocycles. The topological polar surface area (TPSA) is 67.0 Å². The normalized spacial score (nSPS) is 14.6. The number of halogens is 2. The predicted octanol–water partition coefficient (Wildman–Crippen LogP) is 4.35. The summed E-state index contributed by atoms with van der Waals surface area (Å²) in [6.07, 6.45) is 2.99. The molecule has 0 bridgehead atoms. The van der Waals surface area contributed by atoms with Crippen LogP contribution in [0.4, 0.5) is 10.2 Å². The summed E-state index contributed by atoms with van der Waals surface area (Å²) >= 11 is 3.25. The summed E-state index contributed by atoms with van der Waals surface area (Å²) < 4.78 is 20.9. The quantitative estimate of drug-likeness (QED) is 0.610. The van der Waals surface area contributed by atoms with Gasteiger partial charge in [0.05, 0.1) is 5.54 Å². The second kappa shape index (κ2) is 7.15. The molecule has 3 aromatic rings. The molecule has 1 fully saturated rings. The van der Waals surface area contributed by atoms with Gasteiger partial charge in [0.2, 0.25) is 0 Å². The zero-order valence-electron chi connectivity index (χ0n) is 14.3. The van der Waals surface area contributed by atoms with Gasteiger partial charge in [0.15, 0.2) is 17.4 Å². The summed E-state index contributed by atoms with van der Waals surface area (Å²) in [5, 5.41) is 3.19. The zero-order chi connectivity index (χ0) is 18.9. The number of hydrogen-bond acceptors (Lipinski definition) is 4. The van der Waals surface area contributed by atoms with Crippen LogP contribution in [-0.2, 0) is 12.1 Å². The molecule has 0 radical (unpaired) electrons. The number of rotatable bonds is 6. The SMILES string of the molecule is O=c1[nH]cc(Br)nc1NC1(c2cccc(F)c2OCc2ccccc2)CC1. The van der Waals surface area contributed by atoms with Gasteiger partial charge >= 0.3 is 0 Å². The van der Waals surface area contributed by atoms with E-state index in [2.05, 4.69) is 31.2 Å². The average molecular weight is 430 g/mol. The van der Waals surface area contributed by atoms with Gasteiger partial charge < -0.3 is 15.0 Å². The minimum atomic E-state index is -0.561. The first kappa shape index (κ1) is 17.7. The highest BCUT2D eigenvalue weighted by atomic mass is 79.9. The van der Waals surface area contributed by atoms with Crippen LogP contribution in [0.15, 0.2) is 64.1 Å². The van der Waals surface area contributed by atoms with Crippen LogP contribution in [0.2, 0.25) is 0 Å². The Morgan fingerprint density at radius 1 is 1.19 bits per heavy atom. The van der Waals surface area contributed by atoms with Gasteiger partial charge in [-0.05, 0) is 40.4 Å². The van der Waals surface area contributed by atoms with Crippen LogP contribution in [0.3, 0.4) is 0 Å². The van der Waals surface area contributed by atoms with E-state index in [0.29, 0.717) is 10.2 Å². The van der Waals surface area contributed by atoms with Crippen molar-refractivity contribution in [3.05, 3.63) is 86.6 Å². The number of H-pyrrole nitrogens is 1. The van der Waals surface area contributed by atoms with Crippen LogP contribution in [0.1, 0.15) is 24.0 Å². The molecule has 0 unspecified atom stereocenters. The fourth-order valence-electron chi connectivity index (χ4n) is 3.04. The molecule has 7 heteroatoms. The Kier molecular flexibility index (Phi) is 4.70. The van der Waals surface area contributed by atoms with E-state index in [1.165, 1.54) is 12.3 Å². The maximum absolute atomic E-state index is 14.5. The van der Waals surface area contributed by atoms with Crippen molar-refractivity contribution in [2.75, 3.05) is 5.32 Å². The fraction of sp³-hybridized carbons (Fsp3) is 0.200. The maximum atomic E-state index is 14.5. The summed E-state index contributed by atoms with van der Waals surface area (Å²) in [5.41, 5.74) is 0.761. The highest BCUT2D eigenvalue weighted by Crippen LogP contribution is 2.51. The Morgan fingerprint density at radius 2 is 1.96 bits per heavy atom. The summed E-state index contributed by atoms with van der Waals surface area (Å²) in [4.78, 5) is 18.9. The van der Waals surface area contributed by atoms with Crippen LogP contribution < -0.4 is 15.6 Å². The van der Waals surface area contributed by atoms with Crippen molar-refractivity contribution >= 4 is 21.7 Å². The highest BCUT2D eigenvalue weighted by molar-refractivity contribution is 9.10. The molecule has 0 atom stereocenters. The molecular weight excluding hydrogens is 413 g/mol. The van der Waals surface area contributed by atoms with Crippen molar-refractivity contribution in [3.8, 4) is 5.75 Å². The first-order valence-electron chi connectivity index (χ1n) is 8.56. The molecule has 2 N–H and O–H groups in total. The number of nitrogens with zero attached hydrogens (tertiary/aromatic N) is 1. The molecular formula is C20H17BrFN3O2. The lowest BCUT2D eigenvalue weighted by molar-refractivity contribution is 0.285. The Bertz CT molecular complexity index is 1020. The van der Waals surface area contributed by atoms with E-state index < -0.39 is 11.4 Å². The molecule has 5 nitrogen and oxygen atoms in total. The number of nitrogens with one attached hydrogen (secondary N) is 2. The molecule has 4 rings (SSSR count). The van der Waals surface area contributed by atoms with Crippen LogP contribution in [0.5, 0.6) is 5.75 Å². The number of para-hydroxylation sites is 1. The van der Waals surface area contributed by atoms with Gasteiger partial charge in [-0.2, -0.15) is 0 Å². The number of ether oxygens (including phenoxy) is 1. The van der Waals surface area contributed by atoms with E-state index in [1.54, 1.807) is 6.07 Å². The third kappa shape index (κ3) is 3.73. The van der Waals surface area contributed by atoms with Crippen molar-refractivity contribution in [3.63, 3.8) is 0 Å². The second-order valence-electron chi connectivity index (χ2n) is 6.50. The number of aromatic nitrogens is 2. The van der Waals surface area contributed by atoms with Gasteiger partial charge in [0.25, 0.3) is 5.56 Å². The first-order valence-corrected chi connectivity index (χ1v) is 9.36. The van der Waals surface area contributed by atoms with Crippen LogP contribution in [-0.4, -0.2) is 9.97 Å². The Hall–Kier alpha value is -2.67. The lowest BCUT2D eigenvalue weighted by Crippen LogP contribution is -2.26. The van der Waals surface area contributed by atoms with Gasteiger partial charge in [0, 0.05) is 11.8 Å². The second-order valence-corrected chi connectivity index (χ2v) is 7.31. The molecule has 0 saturated heterocycles. The van der Waals surface area contributed by atoms with Crippen LogP contribution in [0, 0.1) is 5.82 Å². The van der Waals surface area contributed by atoms with Gasteiger partial charge in [-0.15, -0.1) is 0 Å². The smallest absolute Gasteiger partial charge is 0.290 e. The van der Waals surface area contributed by atoms with E-state index in [1.807, 2.05) is 36.4 Å². The molecule has 0 aliphatic heterocycles. The molecule has 1 aliphatic rings. The molecule has 0 spiro atoms. The minimum absolute atomic E-state index is 0.195. The van der Waals surface area contributed by atoms with E-state index in [9.17, 15) is 9.18 Å². The average Bonchev–Trinajstić information content (AvgIpc) is 3.45. The first-order chi connectivity index (χ1) is 13.1. The Morgan fingerprint density at radius 3 is 2.70 bits per heavy atom. The summed E-state index contributed by atoms with van der Waals surface area (Å²) in [6, 6.07) is 14.5. The zero-order valence-corrected chi connectivity index (χ0v) is 15.9. The number of benzene rings is 2. The summed E-state index contributed by atoms with van der Waals surface area (Å²) in [6.45, 7) is 0.264. The summed E-state index contributed by atoms with van der Waals surface area (Å²) in [7, 11) is 0. The van der Waals surface area contributed by atoms with Crippen molar-refractivity contribution in [2.45, 2.75) is 25.0 Å². The number of aromatic amines is 1. The number of hydrogen-bond donors (Lipinski definition) is 2. The third-order valence-corrected chi connectivity index (χ3v) is 4.98. The molecule has 27 heavy (non-hydrogen) atoms.